The van der Waals surface area contributed by atoms with Gasteiger partial charge in [-0.25, -0.2) is 4.98 Å². The average molecular weight is 438 g/mol. The summed E-state index contributed by atoms with van der Waals surface area (Å²) in [6, 6.07) is 15.6. The van der Waals surface area contributed by atoms with Crippen LogP contribution in [0.1, 0.15) is 29.9 Å². The van der Waals surface area contributed by atoms with Gasteiger partial charge in [0.15, 0.2) is 0 Å². The quantitative estimate of drug-likeness (QED) is 0.556. The van der Waals surface area contributed by atoms with Crippen molar-refractivity contribution >= 4 is 17.3 Å². The standard InChI is InChI=1S/C25H28ClN3O2/c1-17-4-7-22(8-5-17)31-16-20-10-12-28(13-11-20)24-9-6-21(15-23(24)26)29-19(3)27-18(2)14-25(29)30/h4-9,14-15,20H,10-13,16H2,1-3H3. The van der Waals surface area contributed by atoms with Crippen LogP contribution in [0.2, 0.25) is 5.02 Å². The Kier molecular flexibility index (Phi) is 6.33. The van der Waals surface area contributed by atoms with E-state index < -0.39 is 0 Å². The van der Waals surface area contributed by atoms with Crippen molar-refractivity contribution < 1.29 is 4.74 Å². The molecule has 3 aromatic rings. The second kappa shape index (κ2) is 9.15. The third kappa shape index (κ3) is 4.93. The number of anilines is 1. The van der Waals surface area contributed by atoms with Crippen molar-refractivity contribution in [3.05, 3.63) is 81.0 Å². The molecule has 31 heavy (non-hydrogen) atoms. The molecule has 0 atom stereocenters. The van der Waals surface area contributed by atoms with E-state index in [2.05, 4.69) is 28.9 Å². The second-order valence-electron chi connectivity index (χ2n) is 8.31. The van der Waals surface area contributed by atoms with E-state index in [0.29, 0.717) is 16.8 Å². The first-order chi connectivity index (χ1) is 14.9. The number of halogens is 1. The molecule has 1 aliphatic heterocycles. The summed E-state index contributed by atoms with van der Waals surface area (Å²) in [6.07, 6.45) is 2.12. The lowest BCUT2D eigenvalue weighted by molar-refractivity contribution is 0.223. The highest BCUT2D eigenvalue weighted by atomic mass is 35.5. The molecule has 0 amide bonds. The lowest BCUT2D eigenvalue weighted by Crippen LogP contribution is -2.35. The van der Waals surface area contributed by atoms with Gasteiger partial charge in [-0.05, 0) is 69.9 Å². The molecule has 0 saturated carbocycles. The van der Waals surface area contributed by atoms with Crippen LogP contribution < -0.4 is 15.2 Å². The van der Waals surface area contributed by atoms with Crippen LogP contribution in [0, 0.1) is 26.7 Å². The lowest BCUT2D eigenvalue weighted by atomic mass is 9.97. The fourth-order valence-corrected chi connectivity index (χ4v) is 4.43. The van der Waals surface area contributed by atoms with E-state index in [-0.39, 0.29) is 5.56 Å². The Hall–Kier alpha value is -2.79. The number of rotatable bonds is 5. The largest absolute Gasteiger partial charge is 0.493 e. The maximum Gasteiger partial charge on any atom is 0.258 e. The normalized spacial score (nSPS) is 14.6. The molecular formula is C25H28ClN3O2. The zero-order valence-electron chi connectivity index (χ0n) is 18.3. The van der Waals surface area contributed by atoms with Gasteiger partial charge in [0.25, 0.3) is 5.56 Å². The highest BCUT2D eigenvalue weighted by molar-refractivity contribution is 6.33. The van der Waals surface area contributed by atoms with Gasteiger partial charge in [-0.15, -0.1) is 0 Å². The van der Waals surface area contributed by atoms with E-state index in [4.69, 9.17) is 16.3 Å². The minimum Gasteiger partial charge on any atom is -0.493 e. The Balaban J connectivity index is 1.40. The van der Waals surface area contributed by atoms with Crippen molar-refractivity contribution in [2.75, 3.05) is 24.6 Å². The number of aromatic nitrogens is 2. The first-order valence-electron chi connectivity index (χ1n) is 10.7. The Labute approximate surface area is 188 Å². The first kappa shape index (κ1) is 21.4. The molecule has 1 saturated heterocycles. The molecule has 2 heterocycles. The molecule has 162 valence electrons. The fourth-order valence-electron chi connectivity index (χ4n) is 4.13. The zero-order chi connectivity index (χ0) is 22.0. The van der Waals surface area contributed by atoms with E-state index >= 15 is 0 Å². The smallest absolute Gasteiger partial charge is 0.258 e. The molecule has 0 aliphatic carbocycles. The monoisotopic (exact) mass is 437 g/mol. The molecular weight excluding hydrogens is 410 g/mol. The number of nitrogens with zero attached hydrogens (tertiary/aromatic N) is 3. The van der Waals surface area contributed by atoms with E-state index in [1.807, 2.05) is 44.2 Å². The minimum absolute atomic E-state index is 0.0943. The molecule has 4 rings (SSSR count). The van der Waals surface area contributed by atoms with Gasteiger partial charge in [-0.1, -0.05) is 29.3 Å². The Morgan fingerprint density at radius 3 is 2.39 bits per heavy atom. The number of benzene rings is 2. The van der Waals surface area contributed by atoms with Crippen LogP contribution in [0.5, 0.6) is 5.75 Å². The summed E-state index contributed by atoms with van der Waals surface area (Å²) in [7, 11) is 0. The second-order valence-corrected chi connectivity index (χ2v) is 8.72. The summed E-state index contributed by atoms with van der Waals surface area (Å²) < 4.78 is 7.57. The molecule has 0 radical (unpaired) electrons. The highest BCUT2D eigenvalue weighted by Crippen LogP contribution is 2.31. The summed E-state index contributed by atoms with van der Waals surface area (Å²) in [6.45, 7) is 8.35. The van der Waals surface area contributed by atoms with Crippen LogP contribution in [-0.4, -0.2) is 29.2 Å². The van der Waals surface area contributed by atoms with Crippen molar-refractivity contribution in [3.8, 4) is 11.4 Å². The summed E-state index contributed by atoms with van der Waals surface area (Å²) >= 11 is 6.64. The van der Waals surface area contributed by atoms with Gasteiger partial charge in [0.2, 0.25) is 0 Å². The van der Waals surface area contributed by atoms with Crippen LogP contribution in [0.4, 0.5) is 5.69 Å². The van der Waals surface area contributed by atoms with Gasteiger partial charge in [-0.3, -0.25) is 9.36 Å². The number of piperidine rings is 1. The zero-order valence-corrected chi connectivity index (χ0v) is 19.0. The predicted molar refractivity (Wildman–Crippen MR) is 126 cm³/mol. The topological polar surface area (TPSA) is 47.4 Å². The molecule has 6 heteroatoms. The molecule has 1 aliphatic rings. The summed E-state index contributed by atoms with van der Waals surface area (Å²) in [4.78, 5) is 19.2. The van der Waals surface area contributed by atoms with Crippen LogP contribution in [-0.2, 0) is 0 Å². The molecule has 2 aromatic carbocycles. The van der Waals surface area contributed by atoms with E-state index in [1.54, 1.807) is 4.57 Å². The molecule has 0 N–H and O–H groups in total. The fraction of sp³-hybridized carbons (Fsp3) is 0.360. The van der Waals surface area contributed by atoms with Crippen LogP contribution in [0.25, 0.3) is 5.69 Å². The van der Waals surface area contributed by atoms with Gasteiger partial charge in [0, 0.05) is 24.8 Å². The summed E-state index contributed by atoms with van der Waals surface area (Å²) in [5.41, 5.74) is 3.61. The Morgan fingerprint density at radius 1 is 1.03 bits per heavy atom. The maximum atomic E-state index is 12.4. The third-order valence-electron chi connectivity index (χ3n) is 5.87. The first-order valence-corrected chi connectivity index (χ1v) is 11.1. The predicted octanol–water partition coefficient (Wildman–Crippen LogP) is 5.11. The number of ether oxygens (including phenoxy) is 1. The molecule has 0 spiro atoms. The highest BCUT2D eigenvalue weighted by Gasteiger charge is 2.22. The minimum atomic E-state index is -0.0943. The molecule has 0 unspecified atom stereocenters. The lowest BCUT2D eigenvalue weighted by Gasteiger charge is -2.34. The van der Waals surface area contributed by atoms with Gasteiger partial charge < -0.3 is 9.64 Å². The maximum absolute atomic E-state index is 12.4. The van der Waals surface area contributed by atoms with Crippen molar-refractivity contribution in [1.29, 1.82) is 0 Å². The summed E-state index contributed by atoms with van der Waals surface area (Å²) in [5.74, 6) is 2.13. The molecule has 1 fully saturated rings. The van der Waals surface area contributed by atoms with Crippen LogP contribution in [0.15, 0.2) is 53.3 Å². The van der Waals surface area contributed by atoms with Crippen molar-refractivity contribution in [2.45, 2.75) is 33.6 Å². The van der Waals surface area contributed by atoms with Gasteiger partial charge in [0.1, 0.15) is 11.6 Å². The SMILES string of the molecule is Cc1ccc(OCC2CCN(c3ccc(-n4c(C)nc(C)cc4=O)cc3Cl)CC2)cc1. The van der Waals surface area contributed by atoms with Crippen molar-refractivity contribution in [3.63, 3.8) is 0 Å². The molecule has 0 bridgehead atoms. The van der Waals surface area contributed by atoms with E-state index in [9.17, 15) is 4.79 Å². The van der Waals surface area contributed by atoms with Gasteiger partial charge in [-0.2, -0.15) is 0 Å². The van der Waals surface area contributed by atoms with E-state index in [0.717, 1.165) is 55.4 Å². The van der Waals surface area contributed by atoms with Crippen molar-refractivity contribution in [1.82, 2.24) is 9.55 Å². The number of hydrogen-bond acceptors (Lipinski definition) is 4. The number of hydrogen-bond donors (Lipinski definition) is 0. The Morgan fingerprint density at radius 2 is 1.74 bits per heavy atom. The Bertz CT molecular complexity index is 1120. The van der Waals surface area contributed by atoms with Gasteiger partial charge in [0.05, 0.1) is 23.0 Å². The third-order valence-corrected chi connectivity index (χ3v) is 6.17. The van der Waals surface area contributed by atoms with Gasteiger partial charge >= 0.3 is 0 Å². The molecule has 1 aromatic heterocycles. The molecule has 5 nitrogen and oxygen atoms in total. The average Bonchev–Trinajstić information content (AvgIpc) is 2.73. The summed E-state index contributed by atoms with van der Waals surface area (Å²) in [5, 5.41) is 0.652. The van der Waals surface area contributed by atoms with Crippen molar-refractivity contribution in [2.24, 2.45) is 5.92 Å². The van der Waals surface area contributed by atoms with E-state index in [1.165, 1.54) is 11.6 Å². The van der Waals surface area contributed by atoms with Crippen LogP contribution in [0.3, 0.4) is 0 Å². The van der Waals surface area contributed by atoms with Crippen LogP contribution >= 0.6 is 11.6 Å². The number of aryl methyl sites for hydroxylation is 3.